The molecule has 0 aromatic heterocycles. The van der Waals surface area contributed by atoms with E-state index in [0.717, 1.165) is 10.8 Å². The maximum Gasteiger partial charge on any atom is 0.153 e. The Labute approximate surface area is 136 Å². The van der Waals surface area contributed by atoms with Crippen LogP contribution >= 0.6 is 55.1 Å². The number of hydrogen-bond donors (Lipinski definition) is 0. The first-order valence-corrected chi connectivity index (χ1v) is 7.42. The molecule has 2 aromatic carbocycles. The van der Waals surface area contributed by atoms with Gasteiger partial charge < -0.3 is 4.74 Å². The number of hydrogen-bond acceptors (Lipinski definition) is 2. The fourth-order valence-corrected chi connectivity index (χ4v) is 2.57. The van der Waals surface area contributed by atoms with E-state index in [0.29, 0.717) is 31.6 Å². The normalized spacial score (nSPS) is 10.3. The second kappa shape index (κ2) is 6.27. The molecule has 0 radical (unpaired) electrons. The zero-order valence-corrected chi connectivity index (χ0v) is 14.0. The number of halogens is 4. The molecular formula is C13H6Br2Cl2O2. The Morgan fingerprint density at radius 1 is 1.00 bits per heavy atom. The quantitative estimate of drug-likeness (QED) is 0.438. The smallest absolute Gasteiger partial charge is 0.153 e. The molecule has 0 spiro atoms. The molecule has 0 aliphatic heterocycles. The van der Waals surface area contributed by atoms with E-state index in [1.807, 2.05) is 0 Å². The molecule has 0 aliphatic rings. The van der Waals surface area contributed by atoms with Crippen LogP contribution in [0.2, 0.25) is 10.0 Å². The fourth-order valence-electron chi connectivity index (χ4n) is 1.39. The summed E-state index contributed by atoms with van der Waals surface area (Å²) in [7, 11) is 0. The van der Waals surface area contributed by atoms with Gasteiger partial charge in [-0.3, -0.25) is 4.79 Å². The average molecular weight is 425 g/mol. The molecule has 0 atom stereocenters. The van der Waals surface area contributed by atoms with Crippen LogP contribution in [0.5, 0.6) is 11.5 Å². The molecular weight excluding hydrogens is 419 g/mol. The van der Waals surface area contributed by atoms with Crippen molar-refractivity contribution in [3.8, 4) is 11.5 Å². The van der Waals surface area contributed by atoms with Crippen molar-refractivity contribution in [2.45, 2.75) is 0 Å². The van der Waals surface area contributed by atoms with Gasteiger partial charge in [-0.1, -0.05) is 39.1 Å². The van der Waals surface area contributed by atoms with E-state index >= 15 is 0 Å². The SMILES string of the molecule is O=Cc1ccc(Br)cc1Oc1cc(Cl)c(Br)cc1Cl. The molecule has 0 amide bonds. The number of benzene rings is 2. The predicted octanol–water partition coefficient (Wildman–Crippen LogP) is 6.12. The molecule has 0 fully saturated rings. The van der Waals surface area contributed by atoms with Gasteiger partial charge in [0.2, 0.25) is 0 Å². The molecule has 0 saturated carbocycles. The molecule has 0 bridgehead atoms. The zero-order chi connectivity index (χ0) is 14.0. The number of rotatable bonds is 3. The largest absolute Gasteiger partial charge is 0.455 e. The highest BCUT2D eigenvalue weighted by atomic mass is 79.9. The first-order chi connectivity index (χ1) is 9.01. The van der Waals surface area contributed by atoms with Crippen LogP contribution in [0, 0.1) is 0 Å². The van der Waals surface area contributed by atoms with Crippen molar-refractivity contribution in [2.24, 2.45) is 0 Å². The molecule has 98 valence electrons. The highest BCUT2D eigenvalue weighted by molar-refractivity contribution is 9.10. The lowest BCUT2D eigenvalue weighted by Crippen LogP contribution is -1.91. The first-order valence-electron chi connectivity index (χ1n) is 5.08. The number of carbonyl (C=O) groups excluding carboxylic acids is 1. The molecule has 2 rings (SSSR count). The summed E-state index contributed by atoms with van der Waals surface area (Å²) in [6, 6.07) is 8.32. The number of aldehydes is 1. The van der Waals surface area contributed by atoms with Gasteiger partial charge in [0.05, 0.1) is 15.6 Å². The molecule has 0 N–H and O–H groups in total. The van der Waals surface area contributed by atoms with Gasteiger partial charge in [-0.2, -0.15) is 0 Å². The van der Waals surface area contributed by atoms with E-state index < -0.39 is 0 Å². The van der Waals surface area contributed by atoms with Crippen LogP contribution in [0.25, 0.3) is 0 Å². The number of ether oxygens (including phenoxy) is 1. The van der Waals surface area contributed by atoms with Gasteiger partial charge in [0, 0.05) is 15.0 Å². The fraction of sp³-hybridized carbons (Fsp3) is 0. The standard InChI is InChI=1S/C13H6Br2Cl2O2/c14-8-2-1-7(6-18)12(3-8)19-13-5-10(16)9(15)4-11(13)17/h1-6H. The average Bonchev–Trinajstić information content (AvgIpc) is 2.36. The van der Waals surface area contributed by atoms with E-state index in [2.05, 4.69) is 31.9 Å². The van der Waals surface area contributed by atoms with Gasteiger partial charge in [-0.05, 0) is 40.2 Å². The Hall–Kier alpha value is -0.550. The van der Waals surface area contributed by atoms with Crippen molar-refractivity contribution in [1.29, 1.82) is 0 Å². The van der Waals surface area contributed by atoms with E-state index in [1.165, 1.54) is 0 Å². The van der Waals surface area contributed by atoms with Crippen LogP contribution in [-0.2, 0) is 0 Å². The van der Waals surface area contributed by atoms with Crippen molar-refractivity contribution in [1.82, 2.24) is 0 Å². The molecule has 2 aromatic rings. The molecule has 6 heteroatoms. The van der Waals surface area contributed by atoms with E-state index in [4.69, 9.17) is 27.9 Å². The summed E-state index contributed by atoms with van der Waals surface area (Å²) in [4.78, 5) is 11.0. The molecule has 0 unspecified atom stereocenters. The molecule has 0 heterocycles. The molecule has 0 saturated heterocycles. The van der Waals surface area contributed by atoms with Gasteiger partial charge >= 0.3 is 0 Å². The Kier molecular flexibility index (Phi) is 4.90. The number of carbonyl (C=O) groups is 1. The highest BCUT2D eigenvalue weighted by Gasteiger charge is 2.11. The van der Waals surface area contributed by atoms with Crippen molar-refractivity contribution in [3.05, 3.63) is 54.9 Å². The zero-order valence-electron chi connectivity index (χ0n) is 9.29. The second-order valence-electron chi connectivity index (χ2n) is 3.60. The summed E-state index contributed by atoms with van der Waals surface area (Å²) in [6.45, 7) is 0. The Morgan fingerprint density at radius 3 is 2.42 bits per heavy atom. The van der Waals surface area contributed by atoms with Gasteiger partial charge in [0.15, 0.2) is 6.29 Å². The summed E-state index contributed by atoms with van der Waals surface area (Å²) < 4.78 is 7.13. The van der Waals surface area contributed by atoms with Crippen molar-refractivity contribution >= 4 is 61.3 Å². The van der Waals surface area contributed by atoms with Crippen LogP contribution in [0.4, 0.5) is 0 Å². The topological polar surface area (TPSA) is 26.3 Å². The lowest BCUT2D eigenvalue weighted by atomic mass is 10.2. The summed E-state index contributed by atoms with van der Waals surface area (Å²) in [5, 5.41) is 0.871. The van der Waals surface area contributed by atoms with E-state index in [1.54, 1.807) is 30.3 Å². The molecule has 0 aliphatic carbocycles. The summed E-state index contributed by atoms with van der Waals surface area (Å²) >= 11 is 18.7. The van der Waals surface area contributed by atoms with E-state index in [-0.39, 0.29) is 0 Å². The van der Waals surface area contributed by atoms with Crippen LogP contribution in [-0.4, -0.2) is 6.29 Å². The molecule has 2 nitrogen and oxygen atoms in total. The maximum absolute atomic E-state index is 11.0. The van der Waals surface area contributed by atoms with Crippen LogP contribution < -0.4 is 4.74 Å². The second-order valence-corrected chi connectivity index (χ2v) is 6.18. The summed E-state index contributed by atoms with van der Waals surface area (Å²) in [5.74, 6) is 0.792. The van der Waals surface area contributed by atoms with Gasteiger partial charge in [0.25, 0.3) is 0 Å². The Bertz CT molecular complexity index is 645. The van der Waals surface area contributed by atoms with Crippen molar-refractivity contribution in [3.63, 3.8) is 0 Å². The Morgan fingerprint density at radius 2 is 1.74 bits per heavy atom. The van der Waals surface area contributed by atoms with Crippen molar-refractivity contribution in [2.75, 3.05) is 0 Å². The van der Waals surface area contributed by atoms with Crippen LogP contribution in [0.3, 0.4) is 0 Å². The minimum Gasteiger partial charge on any atom is -0.455 e. The Balaban J connectivity index is 2.44. The third-order valence-corrected chi connectivity index (χ3v) is 4.28. The monoisotopic (exact) mass is 422 g/mol. The van der Waals surface area contributed by atoms with Gasteiger partial charge in [0.1, 0.15) is 11.5 Å². The molecule has 19 heavy (non-hydrogen) atoms. The first kappa shape index (κ1) is 14.9. The minimum absolute atomic E-state index is 0.385. The summed E-state index contributed by atoms with van der Waals surface area (Å²) in [6.07, 6.45) is 0.718. The van der Waals surface area contributed by atoms with E-state index in [9.17, 15) is 4.79 Å². The lowest BCUT2D eigenvalue weighted by Gasteiger charge is -2.11. The highest BCUT2D eigenvalue weighted by Crippen LogP contribution is 2.37. The van der Waals surface area contributed by atoms with Gasteiger partial charge in [-0.15, -0.1) is 0 Å². The third kappa shape index (κ3) is 3.51. The maximum atomic E-state index is 11.0. The third-order valence-electron chi connectivity index (χ3n) is 2.30. The summed E-state index contributed by atoms with van der Waals surface area (Å²) in [5.41, 5.74) is 0.429. The van der Waals surface area contributed by atoms with Crippen LogP contribution in [0.15, 0.2) is 39.3 Å². The lowest BCUT2D eigenvalue weighted by molar-refractivity contribution is 0.112. The van der Waals surface area contributed by atoms with Crippen LogP contribution in [0.1, 0.15) is 10.4 Å². The predicted molar refractivity (Wildman–Crippen MR) is 83.8 cm³/mol. The minimum atomic E-state index is 0.385. The van der Waals surface area contributed by atoms with Crippen molar-refractivity contribution < 1.29 is 9.53 Å². The van der Waals surface area contributed by atoms with Gasteiger partial charge in [-0.25, -0.2) is 0 Å².